The highest BCUT2D eigenvalue weighted by Gasteiger charge is 2.30. The molecule has 146 valence electrons. The summed E-state index contributed by atoms with van der Waals surface area (Å²) in [5.74, 6) is 0.918. The van der Waals surface area contributed by atoms with Gasteiger partial charge in [-0.2, -0.15) is 0 Å². The van der Waals surface area contributed by atoms with E-state index in [0.29, 0.717) is 42.3 Å². The predicted octanol–water partition coefficient (Wildman–Crippen LogP) is 4.00. The van der Waals surface area contributed by atoms with Crippen molar-refractivity contribution in [3.63, 3.8) is 0 Å². The Morgan fingerprint density at radius 3 is 2.82 bits per heavy atom. The molecule has 0 bridgehead atoms. The fraction of sp³-hybridized carbons (Fsp3) is 0.304. The molecule has 0 aromatic heterocycles. The van der Waals surface area contributed by atoms with Crippen LogP contribution in [0.3, 0.4) is 0 Å². The largest absolute Gasteiger partial charge is 0.496 e. The van der Waals surface area contributed by atoms with Crippen LogP contribution in [-0.2, 0) is 0 Å². The van der Waals surface area contributed by atoms with E-state index in [0.717, 1.165) is 12.8 Å². The van der Waals surface area contributed by atoms with E-state index in [-0.39, 0.29) is 17.6 Å². The molecular formula is C23H25NO4. The van der Waals surface area contributed by atoms with E-state index < -0.39 is 0 Å². The average molecular weight is 379 g/mol. The van der Waals surface area contributed by atoms with Crippen LogP contribution in [0.1, 0.15) is 33.6 Å². The zero-order valence-corrected chi connectivity index (χ0v) is 16.1. The zero-order chi connectivity index (χ0) is 19.9. The van der Waals surface area contributed by atoms with Crippen LogP contribution in [0.15, 0.2) is 61.2 Å². The lowest BCUT2D eigenvalue weighted by atomic mass is 9.89. The first-order valence-corrected chi connectivity index (χ1v) is 9.44. The van der Waals surface area contributed by atoms with Crippen molar-refractivity contribution < 1.29 is 19.1 Å². The van der Waals surface area contributed by atoms with E-state index in [2.05, 4.69) is 6.58 Å². The summed E-state index contributed by atoms with van der Waals surface area (Å²) in [6.45, 7) is 5.07. The lowest BCUT2D eigenvalue weighted by molar-refractivity contribution is 0.0636. The lowest BCUT2D eigenvalue weighted by Gasteiger charge is -2.32. The fourth-order valence-corrected chi connectivity index (χ4v) is 3.50. The third-order valence-corrected chi connectivity index (χ3v) is 4.90. The fourth-order valence-electron chi connectivity index (χ4n) is 3.50. The van der Waals surface area contributed by atoms with E-state index in [4.69, 9.17) is 9.47 Å². The molecule has 0 radical (unpaired) electrons. The second-order valence-electron chi connectivity index (χ2n) is 6.78. The smallest absolute Gasteiger partial charge is 0.254 e. The van der Waals surface area contributed by atoms with Gasteiger partial charge in [0.25, 0.3) is 5.91 Å². The summed E-state index contributed by atoms with van der Waals surface area (Å²) < 4.78 is 10.8. The number of para-hydroxylation sites is 1. The Morgan fingerprint density at radius 1 is 1.21 bits per heavy atom. The molecule has 0 saturated carbocycles. The SMILES string of the molecule is C=CCOc1cccc(C(=O)N2CCCC(C(=O)c3ccccc3OC)C2)c1. The Balaban J connectivity index is 1.73. The summed E-state index contributed by atoms with van der Waals surface area (Å²) in [5.41, 5.74) is 1.14. The third-order valence-electron chi connectivity index (χ3n) is 4.90. The molecule has 1 aliphatic heterocycles. The number of hydrogen-bond acceptors (Lipinski definition) is 4. The van der Waals surface area contributed by atoms with Crippen LogP contribution in [0.5, 0.6) is 11.5 Å². The summed E-state index contributed by atoms with van der Waals surface area (Å²) in [5, 5.41) is 0. The summed E-state index contributed by atoms with van der Waals surface area (Å²) in [4.78, 5) is 27.7. The molecule has 1 atom stereocenters. The van der Waals surface area contributed by atoms with Crippen LogP contribution < -0.4 is 9.47 Å². The average Bonchev–Trinajstić information content (AvgIpc) is 2.76. The third kappa shape index (κ3) is 4.42. The van der Waals surface area contributed by atoms with Crippen molar-refractivity contribution in [2.45, 2.75) is 12.8 Å². The Bertz CT molecular complexity index is 861. The van der Waals surface area contributed by atoms with Gasteiger partial charge >= 0.3 is 0 Å². The Kier molecular flexibility index (Phi) is 6.48. The number of amides is 1. The highest BCUT2D eigenvalue weighted by molar-refractivity contribution is 6.01. The van der Waals surface area contributed by atoms with Crippen molar-refractivity contribution in [1.29, 1.82) is 0 Å². The van der Waals surface area contributed by atoms with Gasteiger partial charge in [-0.05, 0) is 43.2 Å². The molecule has 5 nitrogen and oxygen atoms in total. The molecular weight excluding hydrogens is 354 g/mol. The zero-order valence-electron chi connectivity index (χ0n) is 16.1. The number of carbonyl (C=O) groups is 2. The maximum absolute atomic E-state index is 13.0. The topological polar surface area (TPSA) is 55.8 Å². The van der Waals surface area contributed by atoms with Crippen molar-refractivity contribution in [3.8, 4) is 11.5 Å². The first-order chi connectivity index (χ1) is 13.6. The first kappa shape index (κ1) is 19.7. The van der Waals surface area contributed by atoms with E-state index >= 15 is 0 Å². The van der Waals surface area contributed by atoms with Crippen LogP contribution in [0.25, 0.3) is 0 Å². The van der Waals surface area contributed by atoms with E-state index in [1.165, 1.54) is 0 Å². The minimum Gasteiger partial charge on any atom is -0.496 e. The van der Waals surface area contributed by atoms with Gasteiger partial charge in [0.15, 0.2) is 5.78 Å². The van der Waals surface area contributed by atoms with Crippen molar-refractivity contribution in [1.82, 2.24) is 4.90 Å². The molecule has 2 aromatic carbocycles. The van der Waals surface area contributed by atoms with Crippen molar-refractivity contribution in [2.75, 3.05) is 26.8 Å². The molecule has 0 aliphatic carbocycles. The van der Waals surface area contributed by atoms with E-state index in [1.54, 1.807) is 48.4 Å². The highest BCUT2D eigenvalue weighted by Crippen LogP contribution is 2.27. The van der Waals surface area contributed by atoms with Crippen LogP contribution in [0.2, 0.25) is 0 Å². The molecule has 3 rings (SSSR count). The second kappa shape index (κ2) is 9.22. The number of carbonyl (C=O) groups excluding carboxylic acids is 2. The van der Waals surface area contributed by atoms with Crippen LogP contribution >= 0.6 is 0 Å². The molecule has 5 heteroatoms. The molecule has 0 spiro atoms. The normalized spacial score (nSPS) is 16.3. The van der Waals surface area contributed by atoms with Crippen molar-refractivity contribution >= 4 is 11.7 Å². The Labute approximate surface area is 165 Å². The van der Waals surface area contributed by atoms with Crippen LogP contribution in [0.4, 0.5) is 0 Å². The Morgan fingerprint density at radius 2 is 2.04 bits per heavy atom. The molecule has 1 saturated heterocycles. The molecule has 0 N–H and O–H groups in total. The summed E-state index contributed by atoms with van der Waals surface area (Å²) in [6, 6.07) is 14.4. The van der Waals surface area contributed by atoms with Gasteiger partial charge in [0, 0.05) is 24.6 Å². The highest BCUT2D eigenvalue weighted by atomic mass is 16.5. The number of piperidine rings is 1. The maximum Gasteiger partial charge on any atom is 0.254 e. The minimum atomic E-state index is -0.228. The van der Waals surface area contributed by atoms with Gasteiger partial charge in [0.2, 0.25) is 0 Å². The Hall–Kier alpha value is -3.08. The van der Waals surface area contributed by atoms with E-state index in [9.17, 15) is 9.59 Å². The number of methoxy groups -OCH3 is 1. The maximum atomic E-state index is 13.0. The minimum absolute atomic E-state index is 0.0259. The van der Waals surface area contributed by atoms with Crippen molar-refractivity contribution in [2.24, 2.45) is 5.92 Å². The number of rotatable bonds is 7. The van der Waals surface area contributed by atoms with Crippen molar-refractivity contribution in [3.05, 3.63) is 72.3 Å². The molecule has 1 heterocycles. The lowest BCUT2D eigenvalue weighted by Crippen LogP contribution is -2.42. The predicted molar refractivity (Wildman–Crippen MR) is 108 cm³/mol. The van der Waals surface area contributed by atoms with Gasteiger partial charge in [-0.15, -0.1) is 0 Å². The molecule has 28 heavy (non-hydrogen) atoms. The molecule has 1 fully saturated rings. The van der Waals surface area contributed by atoms with Gasteiger partial charge in [-0.25, -0.2) is 0 Å². The summed E-state index contributed by atoms with van der Waals surface area (Å²) >= 11 is 0. The monoisotopic (exact) mass is 379 g/mol. The van der Waals surface area contributed by atoms with Gasteiger partial charge in [0.1, 0.15) is 18.1 Å². The number of Topliss-reactive ketones (excluding diaryl/α,β-unsaturated/α-hetero) is 1. The molecule has 1 amide bonds. The first-order valence-electron chi connectivity index (χ1n) is 9.44. The van der Waals surface area contributed by atoms with Crippen LogP contribution in [-0.4, -0.2) is 43.4 Å². The van der Waals surface area contributed by atoms with Gasteiger partial charge in [-0.3, -0.25) is 9.59 Å². The summed E-state index contributed by atoms with van der Waals surface area (Å²) in [6.07, 6.45) is 3.22. The standard InChI is InChI=1S/C23H25NO4/c1-3-14-28-19-10-6-8-17(15-19)23(26)24-13-7-9-18(16-24)22(25)20-11-4-5-12-21(20)27-2/h3-6,8,10-12,15,18H,1,7,9,13-14,16H2,2H3. The number of ketones is 1. The van der Waals surface area contributed by atoms with Gasteiger partial charge in [0.05, 0.1) is 12.7 Å². The number of hydrogen-bond donors (Lipinski definition) is 0. The number of ether oxygens (including phenoxy) is 2. The van der Waals surface area contributed by atoms with Gasteiger partial charge < -0.3 is 14.4 Å². The summed E-state index contributed by atoms with van der Waals surface area (Å²) in [7, 11) is 1.56. The molecule has 1 aliphatic rings. The van der Waals surface area contributed by atoms with E-state index in [1.807, 2.05) is 18.2 Å². The van der Waals surface area contributed by atoms with Gasteiger partial charge in [-0.1, -0.05) is 30.9 Å². The quantitative estimate of drug-likeness (QED) is 0.539. The number of nitrogens with zero attached hydrogens (tertiary/aromatic N) is 1. The molecule has 2 aromatic rings. The second-order valence-corrected chi connectivity index (χ2v) is 6.78. The number of likely N-dealkylation sites (tertiary alicyclic amines) is 1. The van der Waals surface area contributed by atoms with Crippen LogP contribution in [0, 0.1) is 5.92 Å². The number of benzene rings is 2. The molecule has 1 unspecified atom stereocenters.